The van der Waals surface area contributed by atoms with Gasteiger partial charge in [0, 0.05) is 6.04 Å². The lowest BCUT2D eigenvalue weighted by Crippen LogP contribution is -2.39. The first-order chi connectivity index (χ1) is 11.6. The highest BCUT2D eigenvalue weighted by molar-refractivity contribution is 8.00. The highest BCUT2D eigenvalue weighted by atomic mass is 32.2. The Morgan fingerprint density at radius 2 is 2.12 bits per heavy atom. The molecule has 1 aliphatic rings. The molecule has 1 fully saturated rings. The molecule has 1 saturated carbocycles. The van der Waals surface area contributed by atoms with E-state index in [1.165, 1.54) is 42.1 Å². The quantitative estimate of drug-likeness (QED) is 0.483. The fraction of sp³-hybridized carbons (Fsp3) is 0.562. The van der Waals surface area contributed by atoms with Gasteiger partial charge in [-0.15, -0.1) is 21.5 Å². The van der Waals surface area contributed by atoms with Crippen LogP contribution in [0.2, 0.25) is 0 Å². The summed E-state index contributed by atoms with van der Waals surface area (Å²) in [6, 6.07) is 4.21. The van der Waals surface area contributed by atoms with Crippen molar-refractivity contribution in [2.45, 2.75) is 61.9 Å². The maximum atomic E-state index is 12.4. The van der Waals surface area contributed by atoms with E-state index in [-0.39, 0.29) is 11.2 Å². The minimum absolute atomic E-state index is 0.0487. The molecule has 0 aliphatic heterocycles. The van der Waals surface area contributed by atoms with Crippen molar-refractivity contribution in [1.82, 2.24) is 20.2 Å². The Kier molecular flexibility index (Phi) is 5.78. The summed E-state index contributed by atoms with van der Waals surface area (Å²) < 4.78 is 1.46. The highest BCUT2D eigenvalue weighted by Gasteiger charge is 2.22. The van der Waals surface area contributed by atoms with Gasteiger partial charge in [-0.2, -0.15) is 0 Å². The van der Waals surface area contributed by atoms with Crippen LogP contribution in [-0.2, 0) is 4.79 Å². The third-order valence-electron chi connectivity index (χ3n) is 4.26. The number of rotatable bonds is 5. The molecule has 3 N–H and O–H groups in total. The monoisotopic (exact) mass is 365 g/mol. The molecule has 130 valence electrons. The highest BCUT2D eigenvalue weighted by Crippen LogP contribution is 2.27. The second-order valence-corrected chi connectivity index (χ2v) is 8.37. The summed E-state index contributed by atoms with van der Waals surface area (Å²) in [6.07, 6.45) is 7.12. The van der Waals surface area contributed by atoms with E-state index >= 15 is 0 Å². The molecule has 0 spiro atoms. The van der Waals surface area contributed by atoms with E-state index in [9.17, 15) is 4.79 Å². The summed E-state index contributed by atoms with van der Waals surface area (Å²) in [5, 5.41) is 13.7. The summed E-state index contributed by atoms with van der Waals surface area (Å²) in [4.78, 5) is 13.4. The Balaban J connectivity index is 1.60. The van der Waals surface area contributed by atoms with Crippen LogP contribution < -0.4 is 11.2 Å². The van der Waals surface area contributed by atoms with Gasteiger partial charge in [-0.25, -0.2) is 4.68 Å². The maximum Gasteiger partial charge on any atom is 0.233 e. The van der Waals surface area contributed by atoms with Crippen molar-refractivity contribution < 1.29 is 4.79 Å². The molecule has 2 heterocycles. The minimum atomic E-state index is -0.254. The first kappa shape index (κ1) is 17.3. The number of thiophene rings is 1. The van der Waals surface area contributed by atoms with Gasteiger partial charge >= 0.3 is 0 Å². The van der Waals surface area contributed by atoms with Crippen molar-refractivity contribution in [3.8, 4) is 10.7 Å². The number of hydrogen-bond donors (Lipinski definition) is 2. The van der Waals surface area contributed by atoms with Gasteiger partial charge in [0.2, 0.25) is 11.1 Å². The van der Waals surface area contributed by atoms with Crippen molar-refractivity contribution in [2.24, 2.45) is 0 Å². The number of carbonyl (C=O) groups is 1. The van der Waals surface area contributed by atoms with Gasteiger partial charge < -0.3 is 11.2 Å². The molecule has 6 nitrogen and oxygen atoms in total. The molecular formula is C16H23N5OS2. The van der Waals surface area contributed by atoms with Crippen LogP contribution in [0.15, 0.2) is 22.7 Å². The molecule has 0 aromatic carbocycles. The van der Waals surface area contributed by atoms with Crippen LogP contribution >= 0.6 is 23.1 Å². The van der Waals surface area contributed by atoms with Crippen LogP contribution in [0.1, 0.15) is 45.4 Å². The van der Waals surface area contributed by atoms with Crippen LogP contribution in [0.5, 0.6) is 0 Å². The van der Waals surface area contributed by atoms with Crippen LogP contribution in [0.25, 0.3) is 10.7 Å². The molecule has 1 atom stereocenters. The number of amides is 1. The molecule has 0 saturated heterocycles. The summed E-state index contributed by atoms with van der Waals surface area (Å²) >= 11 is 2.91. The summed E-state index contributed by atoms with van der Waals surface area (Å²) in [5.41, 5.74) is 0. The Morgan fingerprint density at radius 3 is 2.79 bits per heavy atom. The number of nitrogens with one attached hydrogen (secondary N) is 1. The largest absolute Gasteiger partial charge is 0.352 e. The van der Waals surface area contributed by atoms with E-state index in [4.69, 9.17) is 5.84 Å². The molecule has 24 heavy (non-hydrogen) atoms. The second kappa shape index (κ2) is 8.02. The van der Waals surface area contributed by atoms with Gasteiger partial charge in [-0.3, -0.25) is 4.79 Å². The van der Waals surface area contributed by atoms with Crippen LogP contribution in [0, 0.1) is 0 Å². The zero-order valence-corrected chi connectivity index (χ0v) is 15.4. The van der Waals surface area contributed by atoms with Gasteiger partial charge in [0.05, 0.1) is 10.1 Å². The fourth-order valence-electron chi connectivity index (χ4n) is 2.89. The molecule has 2 aromatic heterocycles. The van der Waals surface area contributed by atoms with Crippen molar-refractivity contribution in [3.63, 3.8) is 0 Å². The number of nitrogens with zero attached hydrogens (tertiary/aromatic N) is 3. The zero-order valence-electron chi connectivity index (χ0n) is 13.8. The third-order valence-corrected chi connectivity index (χ3v) is 6.18. The van der Waals surface area contributed by atoms with Gasteiger partial charge in [-0.05, 0) is 31.2 Å². The molecule has 0 radical (unpaired) electrons. The number of carbonyl (C=O) groups excluding carboxylic acids is 1. The lowest BCUT2D eigenvalue weighted by Gasteiger charge is -2.18. The first-order valence-electron chi connectivity index (χ1n) is 8.36. The van der Waals surface area contributed by atoms with Crippen LogP contribution in [0.4, 0.5) is 0 Å². The van der Waals surface area contributed by atoms with Crippen molar-refractivity contribution in [3.05, 3.63) is 17.5 Å². The summed E-state index contributed by atoms with van der Waals surface area (Å²) in [5.74, 6) is 6.77. The van der Waals surface area contributed by atoms with Gasteiger partial charge in [0.15, 0.2) is 5.82 Å². The lowest BCUT2D eigenvalue weighted by molar-refractivity contribution is -0.121. The van der Waals surface area contributed by atoms with Crippen molar-refractivity contribution >= 4 is 29.0 Å². The molecule has 1 amide bonds. The zero-order chi connectivity index (χ0) is 16.9. The minimum Gasteiger partial charge on any atom is -0.352 e. The van der Waals surface area contributed by atoms with E-state index < -0.39 is 0 Å². The average molecular weight is 366 g/mol. The normalized spacial score (nSPS) is 17.4. The Hall–Kier alpha value is -1.54. The number of thioether (sulfide) groups is 1. The molecule has 0 bridgehead atoms. The van der Waals surface area contributed by atoms with E-state index in [1.807, 2.05) is 24.4 Å². The number of nitrogen functional groups attached to an aromatic ring is 1. The average Bonchev–Trinajstić information content (AvgIpc) is 3.13. The standard InChI is InChI=1S/C16H23N5OS2/c1-11(15(22)18-12-7-4-2-3-5-8-12)24-16-20-19-14(21(16)17)13-9-6-10-23-13/h6,9-12H,2-5,7-8,17H2,1H3,(H,18,22). The Bertz CT molecular complexity index is 662. The number of aromatic nitrogens is 3. The smallest absolute Gasteiger partial charge is 0.233 e. The van der Waals surface area contributed by atoms with Gasteiger partial charge in [0.25, 0.3) is 0 Å². The SMILES string of the molecule is CC(Sc1nnc(-c2cccs2)n1N)C(=O)NC1CCCCCC1. The van der Waals surface area contributed by atoms with Gasteiger partial charge in [-0.1, -0.05) is 43.5 Å². The predicted molar refractivity (Wildman–Crippen MR) is 98.4 cm³/mol. The first-order valence-corrected chi connectivity index (χ1v) is 10.1. The Morgan fingerprint density at radius 1 is 1.38 bits per heavy atom. The molecule has 1 unspecified atom stereocenters. The number of hydrogen-bond acceptors (Lipinski definition) is 6. The van der Waals surface area contributed by atoms with E-state index in [0.717, 1.165) is 17.7 Å². The molecular weight excluding hydrogens is 342 g/mol. The lowest BCUT2D eigenvalue weighted by atomic mass is 10.1. The molecule has 3 rings (SSSR count). The summed E-state index contributed by atoms with van der Waals surface area (Å²) in [7, 11) is 0. The van der Waals surface area contributed by atoms with Crippen molar-refractivity contribution in [2.75, 3.05) is 5.84 Å². The summed E-state index contributed by atoms with van der Waals surface area (Å²) in [6.45, 7) is 1.89. The van der Waals surface area contributed by atoms with Crippen molar-refractivity contribution in [1.29, 1.82) is 0 Å². The van der Waals surface area contributed by atoms with Crippen LogP contribution in [0.3, 0.4) is 0 Å². The van der Waals surface area contributed by atoms with E-state index in [0.29, 0.717) is 17.0 Å². The van der Waals surface area contributed by atoms with Gasteiger partial charge in [0.1, 0.15) is 0 Å². The third kappa shape index (κ3) is 4.10. The second-order valence-electron chi connectivity index (χ2n) is 6.11. The van der Waals surface area contributed by atoms with E-state index in [1.54, 1.807) is 11.3 Å². The maximum absolute atomic E-state index is 12.4. The van der Waals surface area contributed by atoms with Crippen LogP contribution in [-0.4, -0.2) is 32.1 Å². The predicted octanol–water partition coefficient (Wildman–Crippen LogP) is 3.04. The topological polar surface area (TPSA) is 85.8 Å². The molecule has 8 heteroatoms. The Labute approximate surface area is 150 Å². The van der Waals surface area contributed by atoms with E-state index in [2.05, 4.69) is 15.5 Å². The molecule has 2 aromatic rings. The fourth-order valence-corrected chi connectivity index (χ4v) is 4.37. The molecule has 1 aliphatic carbocycles. The number of nitrogens with two attached hydrogens (primary N) is 1.